The lowest BCUT2D eigenvalue weighted by Gasteiger charge is -2.46. The highest BCUT2D eigenvalue weighted by molar-refractivity contribution is 7.85. The lowest BCUT2D eigenvalue weighted by atomic mass is 10.0. The molecule has 6 heteroatoms. The molecule has 0 amide bonds. The van der Waals surface area contributed by atoms with E-state index in [0.717, 1.165) is 37.2 Å². The summed E-state index contributed by atoms with van der Waals surface area (Å²) in [6.45, 7) is 11.7. The first-order valence-corrected chi connectivity index (χ1v) is 8.17. The van der Waals surface area contributed by atoms with Gasteiger partial charge in [0.2, 0.25) is 0 Å². The first-order valence-electron chi connectivity index (χ1n) is 6.56. The molecule has 1 rings (SSSR count). The molecule has 0 radical (unpaired) electrons. The van der Waals surface area contributed by atoms with Gasteiger partial charge in [0.25, 0.3) is 10.1 Å². The summed E-state index contributed by atoms with van der Waals surface area (Å²) in [4.78, 5) is 2.47. The van der Waals surface area contributed by atoms with Gasteiger partial charge in [-0.15, -0.1) is 0 Å². The van der Waals surface area contributed by atoms with E-state index >= 15 is 0 Å². The van der Waals surface area contributed by atoms with E-state index in [0.29, 0.717) is 6.42 Å². The van der Waals surface area contributed by atoms with E-state index in [1.807, 2.05) is 0 Å². The Hall–Kier alpha value is -0.170. The Balaban J connectivity index is 2.40. The molecule has 0 spiro atoms. The molecule has 18 heavy (non-hydrogen) atoms. The summed E-state index contributed by atoms with van der Waals surface area (Å²) in [5.74, 6) is -0.121. The number of rotatable bonds is 4. The van der Waals surface area contributed by atoms with E-state index in [1.54, 1.807) is 0 Å². The van der Waals surface area contributed by atoms with Crippen molar-refractivity contribution in [3.05, 3.63) is 0 Å². The van der Waals surface area contributed by atoms with Crippen LogP contribution in [0.1, 0.15) is 27.2 Å². The van der Waals surface area contributed by atoms with Crippen molar-refractivity contribution in [3.8, 4) is 0 Å². The molecule has 1 saturated heterocycles. The van der Waals surface area contributed by atoms with Crippen molar-refractivity contribution in [1.29, 1.82) is 0 Å². The quantitative estimate of drug-likeness (QED) is 0.611. The molecule has 0 aromatic carbocycles. The van der Waals surface area contributed by atoms with E-state index in [9.17, 15) is 8.42 Å². The van der Waals surface area contributed by atoms with Crippen LogP contribution in [0.4, 0.5) is 0 Å². The first kappa shape index (κ1) is 15.9. The van der Waals surface area contributed by atoms with Crippen molar-refractivity contribution in [1.82, 2.24) is 4.90 Å². The van der Waals surface area contributed by atoms with Crippen molar-refractivity contribution >= 4 is 10.1 Å². The van der Waals surface area contributed by atoms with E-state index in [-0.39, 0.29) is 11.3 Å². The van der Waals surface area contributed by atoms with E-state index in [1.165, 1.54) is 0 Å². The summed E-state index contributed by atoms with van der Waals surface area (Å²) in [7, 11) is -1.64. The normalized spacial score (nSPS) is 22.1. The second-order valence-corrected chi connectivity index (χ2v) is 8.16. The summed E-state index contributed by atoms with van der Waals surface area (Å²) in [5, 5.41) is 0. The van der Waals surface area contributed by atoms with Crippen molar-refractivity contribution in [2.75, 3.05) is 45.5 Å². The van der Waals surface area contributed by atoms with Crippen LogP contribution in [0.15, 0.2) is 0 Å². The summed E-state index contributed by atoms with van der Waals surface area (Å²) < 4.78 is 31.0. The van der Waals surface area contributed by atoms with Crippen molar-refractivity contribution in [3.63, 3.8) is 0 Å². The summed E-state index contributed by atoms with van der Waals surface area (Å²) in [5.41, 5.74) is 0.208. The van der Waals surface area contributed by atoms with E-state index < -0.39 is 10.1 Å². The minimum Gasteiger partial charge on any atom is -0.324 e. The van der Waals surface area contributed by atoms with Gasteiger partial charge in [-0.05, 0) is 20.8 Å². The second kappa shape index (κ2) is 5.45. The highest BCUT2D eigenvalue weighted by Crippen LogP contribution is 2.19. The number of nitrogens with zero attached hydrogens (tertiary/aromatic N) is 2. The molecule has 1 fully saturated rings. The molecule has 0 saturated carbocycles. The molecule has 5 nitrogen and oxygen atoms in total. The maximum absolute atomic E-state index is 10.7. The van der Waals surface area contributed by atoms with E-state index in [2.05, 4.69) is 32.7 Å². The SMILES string of the molecule is CC(C)(C)N1CC[N+](C)(CCCS(=O)(=O)O)CC1. The van der Waals surface area contributed by atoms with Gasteiger partial charge in [-0.1, -0.05) is 0 Å². The summed E-state index contributed by atoms with van der Waals surface area (Å²) >= 11 is 0. The average molecular weight is 279 g/mol. The Morgan fingerprint density at radius 1 is 1.22 bits per heavy atom. The van der Waals surface area contributed by atoms with Crippen molar-refractivity contribution in [2.24, 2.45) is 0 Å². The predicted octanol–water partition coefficient (Wildman–Crippen LogP) is 0.825. The molecule has 1 heterocycles. The third-order valence-corrected chi connectivity index (χ3v) is 4.67. The minimum absolute atomic E-state index is 0.121. The number of likely N-dealkylation sites (N-methyl/N-ethyl adjacent to an activating group) is 1. The van der Waals surface area contributed by atoms with Crippen LogP contribution in [0.2, 0.25) is 0 Å². The van der Waals surface area contributed by atoms with Gasteiger partial charge in [-0.25, -0.2) is 0 Å². The van der Waals surface area contributed by atoms with Gasteiger partial charge in [0.1, 0.15) is 0 Å². The lowest BCUT2D eigenvalue weighted by Crippen LogP contribution is -2.61. The zero-order chi connectivity index (χ0) is 14.0. The number of hydrogen-bond acceptors (Lipinski definition) is 3. The topological polar surface area (TPSA) is 57.6 Å². The second-order valence-electron chi connectivity index (χ2n) is 6.59. The first-order chi connectivity index (χ1) is 8.02. The number of quaternary nitrogens is 1. The van der Waals surface area contributed by atoms with Gasteiger partial charge in [0.15, 0.2) is 0 Å². The number of hydrogen-bond donors (Lipinski definition) is 1. The molecule has 1 aliphatic heterocycles. The fourth-order valence-corrected chi connectivity index (χ4v) is 2.96. The van der Waals surface area contributed by atoms with Crippen LogP contribution in [0.3, 0.4) is 0 Å². The Labute approximate surface area is 111 Å². The zero-order valence-electron chi connectivity index (χ0n) is 12.0. The maximum Gasteiger partial charge on any atom is 0.265 e. The van der Waals surface area contributed by atoms with Crippen LogP contribution in [0.5, 0.6) is 0 Å². The third kappa shape index (κ3) is 5.22. The molecule has 0 aromatic heterocycles. The molecule has 108 valence electrons. The zero-order valence-corrected chi connectivity index (χ0v) is 12.8. The standard InChI is InChI=1S/C12H26N2O3S/c1-12(2,3)13-6-9-14(4,10-7-13)8-5-11-18(15,16)17/h5-11H2,1-4H3/p+1. The Kier molecular flexibility index (Phi) is 4.81. The van der Waals surface area contributed by atoms with Crippen LogP contribution in [-0.2, 0) is 10.1 Å². The Morgan fingerprint density at radius 2 is 1.72 bits per heavy atom. The van der Waals surface area contributed by atoms with Crippen molar-refractivity contribution < 1.29 is 17.5 Å². The molecule has 0 unspecified atom stereocenters. The largest absolute Gasteiger partial charge is 0.324 e. The van der Waals surface area contributed by atoms with Gasteiger partial charge in [-0.2, -0.15) is 8.42 Å². The molecule has 0 aromatic rings. The van der Waals surface area contributed by atoms with Crippen LogP contribution >= 0.6 is 0 Å². The highest BCUT2D eigenvalue weighted by atomic mass is 32.2. The third-order valence-electron chi connectivity index (χ3n) is 3.87. The fraction of sp³-hybridized carbons (Fsp3) is 1.00. The Morgan fingerprint density at radius 3 is 2.11 bits per heavy atom. The molecule has 0 bridgehead atoms. The number of piperazine rings is 1. The lowest BCUT2D eigenvalue weighted by molar-refractivity contribution is -0.914. The van der Waals surface area contributed by atoms with E-state index in [4.69, 9.17) is 4.55 Å². The average Bonchev–Trinajstić information content (AvgIpc) is 2.14. The van der Waals surface area contributed by atoms with Gasteiger partial charge in [-0.3, -0.25) is 9.45 Å². The van der Waals surface area contributed by atoms with Gasteiger partial charge < -0.3 is 4.48 Å². The minimum atomic E-state index is -3.81. The molecule has 1 N–H and O–H groups in total. The predicted molar refractivity (Wildman–Crippen MR) is 73.1 cm³/mol. The van der Waals surface area contributed by atoms with Gasteiger partial charge in [0.05, 0.1) is 32.4 Å². The van der Waals surface area contributed by atoms with Crippen LogP contribution < -0.4 is 0 Å². The van der Waals surface area contributed by atoms with Crippen molar-refractivity contribution in [2.45, 2.75) is 32.7 Å². The smallest absolute Gasteiger partial charge is 0.265 e. The Bertz CT molecular complexity index is 365. The van der Waals surface area contributed by atoms with Crippen LogP contribution in [0, 0.1) is 0 Å². The van der Waals surface area contributed by atoms with Crippen LogP contribution in [0.25, 0.3) is 0 Å². The monoisotopic (exact) mass is 279 g/mol. The molecular formula is C12H27N2O3S+. The maximum atomic E-state index is 10.7. The summed E-state index contributed by atoms with van der Waals surface area (Å²) in [6.07, 6.45) is 0.533. The van der Waals surface area contributed by atoms with Gasteiger partial charge >= 0.3 is 0 Å². The van der Waals surface area contributed by atoms with Crippen LogP contribution in [-0.4, -0.2) is 73.4 Å². The molecule has 0 aliphatic carbocycles. The molecule has 1 aliphatic rings. The molecule has 0 atom stereocenters. The molecular weight excluding hydrogens is 252 g/mol. The van der Waals surface area contributed by atoms with Gasteiger partial charge in [0, 0.05) is 25.0 Å². The highest BCUT2D eigenvalue weighted by Gasteiger charge is 2.33. The fourth-order valence-electron chi connectivity index (χ4n) is 2.47. The summed E-state index contributed by atoms with van der Waals surface area (Å²) in [6, 6.07) is 0.